The molecule has 1 unspecified atom stereocenters. The molecule has 2 fully saturated rings. The highest BCUT2D eigenvalue weighted by Gasteiger charge is 2.27. The molecule has 1 aliphatic heterocycles. The number of benzene rings is 1. The third-order valence-electron chi connectivity index (χ3n) is 5.40. The SMILES string of the molecule is Cl.Cl.N[C@@H]1CCC[C@H]1CC(=O)NCC(c1ccc(Cl)cc1)N1CCOCC1. The van der Waals surface area contributed by atoms with Gasteiger partial charge in [0.15, 0.2) is 0 Å². The minimum Gasteiger partial charge on any atom is -0.379 e. The summed E-state index contributed by atoms with van der Waals surface area (Å²) in [6.45, 7) is 3.81. The van der Waals surface area contributed by atoms with E-state index in [1.165, 1.54) is 5.56 Å². The van der Waals surface area contributed by atoms with E-state index in [1.807, 2.05) is 24.3 Å². The lowest BCUT2D eigenvalue weighted by Gasteiger charge is -2.35. The summed E-state index contributed by atoms with van der Waals surface area (Å²) in [7, 11) is 0. The molecular formula is C19H30Cl3N3O2. The molecule has 1 saturated carbocycles. The number of amides is 1. The summed E-state index contributed by atoms with van der Waals surface area (Å²) in [6.07, 6.45) is 3.79. The third-order valence-corrected chi connectivity index (χ3v) is 5.65. The van der Waals surface area contributed by atoms with Crippen LogP contribution in [0.15, 0.2) is 24.3 Å². The summed E-state index contributed by atoms with van der Waals surface area (Å²) in [6, 6.07) is 8.22. The van der Waals surface area contributed by atoms with E-state index in [2.05, 4.69) is 10.2 Å². The van der Waals surface area contributed by atoms with Crippen molar-refractivity contribution in [2.45, 2.75) is 37.8 Å². The normalized spacial score (nSPS) is 23.8. The second-order valence-electron chi connectivity index (χ2n) is 7.08. The van der Waals surface area contributed by atoms with Gasteiger partial charge in [0.1, 0.15) is 0 Å². The highest BCUT2D eigenvalue weighted by Crippen LogP contribution is 2.27. The number of nitrogens with two attached hydrogens (primary N) is 1. The largest absolute Gasteiger partial charge is 0.379 e. The first-order valence-corrected chi connectivity index (χ1v) is 9.61. The van der Waals surface area contributed by atoms with E-state index in [4.69, 9.17) is 22.1 Å². The summed E-state index contributed by atoms with van der Waals surface area (Å²) in [5.41, 5.74) is 7.26. The van der Waals surface area contributed by atoms with Gasteiger partial charge in [-0.15, -0.1) is 24.8 Å². The minimum atomic E-state index is 0. The molecule has 154 valence electrons. The van der Waals surface area contributed by atoms with Crippen LogP contribution >= 0.6 is 36.4 Å². The van der Waals surface area contributed by atoms with Gasteiger partial charge in [0.25, 0.3) is 0 Å². The van der Waals surface area contributed by atoms with Crippen molar-refractivity contribution in [2.24, 2.45) is 11.7 Å². The second kappa shape index (κ2) is 12.1. The zero-order valence-electron chi connectivity index (χ0n) is 15.4. The zero-order valence-corrected chi connectivity index (χ0v) is 17.8. The van der Waals surface area contributed by atoms with Crippen molar-refractivity contribution in [2.75, 3.05) is 32.8 Å². The van der Waals surface area contributed by atoms with Crippen LogP contribution in [0.25, 0.3) is 0 Å². The van der Waals surface area contributed by atoms with Gasteiger partial charge in [-0.05, 0) is 36.5 Å². The van der Waals surface area contributed by atoms with E-state index in [0.29, 0.717) is 18.9 Å². The Hall–Kier alpha value is -0.560. The van der Waals surface area contributed by atoms with Crippen molar-refractivity contribution in [3.8, 4) is 0 Å². The number of ether oxygens (including phenoxy) is 1. The molecule has 5 nitrogen and oxygen atoms in total. The van der Waals surface area contributed by atoms with Crippen molar-refractivity contribution in [1.29, 1.82) is 0 Å². The van der Waals surface area contributed by atoms with Gasteiger partial charge in [0.05, 0.1) is 19.3 Å². The van der Waals surface area contributed by atoms with Gasteiger partial charge in [-0.3, -0.25) is 9.69 Å². The average molecular weight is 439 g/mol. The molecule has 1 saturated heterocycles. The molecule has 0 radical (unpaired) electrons. The lowest BCUT2D eigenvalue weighted by molar-refractivity contribution is -0.122. The fraction of sp³-hybridized carbons (Fsp3) is 0.632. The van der Waals surface area contributed by atoms with Crippen molar-refractivity contribution >= 4 is 42.3 Å². The van der Waals surface area contributed by atoms with E-state index >= 15 is 0 Å². The fourth-order valence-corrected chi connectivity index (χ4v) is 4.00. The quantitative estimate of drug-likeness (QED) is 0.716. The summed E-state index contributed by atoms with van der Waals surface area (Å²) in [4.78, 5) is 14.8. The zero-order chi connectivity index (χ0) is 17.6. The summed E-state index contributed by atoms with van der Waals surface area (Å²) in [5.74, 6) is 0.437. The molecule has 1 aromatic rings. The van der Waals surface area contributed by atoms with E-state index in [0.717, 1.165) is 50.6 Å². The van der Waals surface area contributed by atoms with Crippen molar-refractivity contribution in [1.82, 2.24) is 10.2 Å². The van der Waals surface area contributed by atoms with Crippen LogP contribution in [0, 0.1) is 5.92 Å². The van der Waals surface area contributed by atoms with Gasteiger partial charge in [-0.25, -0.2) is 0 Å². The standard InChI is InChI=1S/C19H28ClN3O2.2ClH/c20-16-6-4-14(5-7-16)18(23-8-10-25-11-9-23)13-22-19(24)12-15-2-1-3-17(15)21;;/h4-7,15,17-18H,1-3,8-13,21H2,(H,22,24);2*1H/t15-,17+,18?;;/m0../s1. The highest BCUT2D eigenvalue weighted by molar-refractivity contribution is 6.30. The first kappa shape index (κ1) is 24.5. The van der Waals surface area contributed by atoms with Crippen molar-refractivity contribution < 1.29 is 9.53 Å². The molecule has 0 aromatic heterocycles. The van der Waals surface area contributed by atoms with Gasteiger partial charge in [0.2, 0.25) is 5.91 Å². The molecular weight excluding hydrogens is 409 g/mol. The van der Waals surface area contributed by atoms with Crippen LogP contribution < -0.4 is 11.1 Å². The molecule has 3 atom stereocenters. The number of rotatable bonds is 6. The second-order valence-corrected chi connectivity index (χ2v) is 7.52. The third kappa shape index (κ3) is 7.08. The molecule has 3 N–H and O–H groups in total. The highest BCUT2D eigenvalue weighted by atomic mass is 35.5. The van der Waals surface area contributed by atoms with E-state index in [-0.39, 0.29) is 42.8 Å². The van der Waals surface area contributed by atoms with Crippen LogP contribution in [0.1, 0.15) is 37.3 Å². The smallest absolute Gasteiger partial charge is 0.220 e. The minimum absolute atomic E-state index is 0. The number of hydrogen-bond acceptors (Lipinski definition) is 4. The van der Waals surface area contributed by atoms with Gasteiger partial charge in [-0.1, -0.05) is 30.2 Å². The molecule has 1 heterocycles. The Bertz CT molecular complexity index is 568. The Kier molecular flexibility index (Phi) is 11.0. The summed E-state index contributed by atoms with van der Waals surface area (Å²) in [5, 5.41) is 3.86. The number of morpholine rings is 1. The van der Waals surface area contributed by atoms with Crippen LogP contribution in [0.4, 0.5) is 0 Å². The first-order chi connectivity index (χ1) is 12.1. The van der Waals surface area contributed by atoms with E-state index < -0.39 is 0 Å². The number of carbonyl (C=O) groups excluding carboxylic acids is 1. The number of halogens is 3. The van der Waals surface area contributed by atoms with Crippen LogP contribution in [0.2, 0.25) is 5.02 Å². The number of hydrogen-bond donors (Lipinski definition) is 2. The molecule has 1 amide bonds. The molecule has 2 aliphatic rings. The Balaban J connectivity index is 0.00000182. The van der Waals surface area contributed by atoms with Crippen molar-refractivity contribution in [3.05, 3.63) is 34.9 Å². The number of carbonyl (C=O) groups is 1. The lowest BCUT2D eigenvalue weighted by Crippen LogP contribution is -2.44. The van der Waals surface area contributed by atoms with Crippen LogP contribution in [0.5, 0.6) is 0 Å². The topological polar surface area (TPSA) is 67.6 Å². The van der Waals surface area contributed by atoms with Crippen molar-refractivity contribution in [3.63, 3.8) is 0 Å². The van der Waals surface area contributed by atoms with Gasteiger partial charge in [-0.2, -0.15) is 0 Å². The lowest BCUT2D eigenvalue weighted by atomic mass is 9.99. The Morgan fingerprint density at radius 3 is 2.48 bits per heavy atom. The Morgan fingerprint density at radius 1 is 1.22 bits per heavy atom. The maximum atomic E-state index is 12.4. The van der Waals surface area contributed by atoms with E-state index in [1.54, 1.807) is 0 Å². The fourth-order valence-electron chi connectivity index (χ4n) is 3.87. The average Bonchev–Trinajstić information content (AvgIpc) is 3.02. The molecule has 0 bridgehead atoms. The monoisotopic (exact) mass is 437 g/mol. The molecule has 3 rings (SSSR count). The van der Waals surface area contributed by atoms with Gasteiger partial charge >= 0.3 is 0 Å². The van der Waals surface area contributed by atoms with Gasteiger partial charge < -0.3 is 15.8 Å². The maximum absolute atomic E-state index is 12.4. The molecule has 0 spiro atoms. The Morgan fingerprint density at radius 2 is 1.89 bits per heavy atom. The predicted molar refractivity (Wildman–Crippen MR) is 114 cm³/mol. The molecule has 8 heteroatoms. The van der Waals surface area contributed by atoms with Gasteiger partial charge in [0, 0.05) is 37.1 Å². The van der Waals surface area contributed by atoms with Crippen LogP contribution in [-0.2, 0) is 9.53 Å². The van der Waals surface area contributed by atoms with E-state index in [9.17, 15) is 4.79 Å². The molecule has 27 heavy (non-hydrogen) atoms. The Labute approximate surface area is 179 Å². The number of nitrogens with one attached hydrogen (secondary N) is 1. The molecule has 1 aromatic carbocycles. The first-order valence-electron chi connectivity index (χ1n) is 9.23. The molecule has 1 aliphatic carbocycles. The summed E-state index contributed by atoms with van der Waals surface area (Å²) >= 11 is 6.02. The number of nitrogens with zero attached hydrogens (tertiary/aromatic N) is 1. The van der Waals surface area contributed by atoms with Crippen LogP contribution in [-0.4, -0.2) is 49.7 Å². The van der Waals surface area contributed by atoms with Crippen LogP contribution in [0.3, 0.4) is 0 Å². The predicted octanol–water partition coefficient (Wildman–Crippen LogP) is 3.19. The summed E-state index contributed by atoms with van der Waals surface area (Å²) < 4.78 is 5.47. The maximum Gasteiger partial charge on any atom is 0.220 e.